The minimum Gasteiger partial charge on any atom is -0.490 e. The van der Waals surface area contributed by atoms with Crippen LogP contribution in [0.5, 0.6) is 5.75 Å². The highest BCUT2D eigenvalue weighted by atomic mass is 19.1. The Bertz CT molecular complexity index is 679. The lowest BCUT2D eigenvalue weighted by Gasteiger charge is -2.18. The fraction of sp³-hybridized carbons (Fsp3) is 0.353. The Morgan fingerprint density at radius 3 is 3.13 bits per heavy atom. The monoisotopic (exact) mass is 315 g/mol. The molecule has 2 heterocycles. The average Bonchev–Trinajstić information content (AvgIpc) is 2.78. The van der Waals surface area contributed by atoms with Crippen LogP contribution < -0.4 is 10.1 Å². The Kier molecular flexibility index (Phi) is 4.80. The molecular formula is C17H18FN3O2. The largest absolute Gasteiger partial charge is 0.490 e. The van der Waals surface area contributed by atoms with E-state index in [-0.39, 0.29) is 23.5 Å². The zero-order valence-corrected chi connectivity index (χ0v) is 12.7. The van der Waals surface area contributed by atoms with Gasteiger partial charge in [-0.15, -0.1) is 0 Å². The molecule has 6 heteroatoms. The summed E-state index contributed by atoms with van der Waals surface area (Å²) in [6.45, 7) is 0.458. The van der Waals surface area contributed by atoms with Gasteiger partial charge in [0.25, 0.3) is 0 Å². The molecule has 120 valence electrons. The van der Waals surface area contributed by atoms with E-state index in [1.165, 1.54) is 6.07 Å². The summed E-state index contributed by atoms with van der Waals surface area (Å²) >= 11 is 0. The van der Waals surface area contributed by atoms with Crippen molar-refractivity contribution in [2.45, 2.75) is 31.7 Å². The van der Waals surface area contributed by atoms with Gasteiger partial charge in [0.05, 0.1) is 18.3 Å². The molecule has 1 aromatic heterocycles. The summed E-state index contributed by atoms with van der Waals surface area (Å²) in [5.41, 5.74) is 1.48. The van der Waals surface area contributed by atoms with E-state index in [1.54, 1.807) is 30.7 Å². The Labute approximate surface area is 133 Å². The van der Waals surface area contributed by atoms with Gasteiger partial charge in [-0.2, -0.15) is 0 Å². The van der Waals surface area contributed by atoms with Gasteiger partial charge in [-0.25, -0.2) is 4.39 Å². The summed E-state index contributed by atoms with van der Waals surface area (Å²) in [7, 11) is 0. The zero-order valence-electron chi connectivity index (χ0n) is 12.7. The predicted molar refractivity (Wildman–Crippen MR) is 82.4 cm³/mol. The Morgan fingerprint density at radius 2 is 2.30 bits per heavy atom. The minimum atomic E-state index is -0.386. The van der Waals surface area contributed by atoms with Crippen molar-refractivity contribution < 1.29 is 13.9 Å². The molecular weight excluding hydrogens is 297 g/mol. The molecule has 1 atom stereocenters. The number of aryl methyl sites for hydroxylation is 1. The third-order valence-corrected chi connectivity index (χ3v) is 3.82. The first kappa shape index (κ1) is 15.4. The molecule has 5 nitrogen and oxygen atoms in total. The van der Waals surface area contributed by atoms with Crippen molar-refractivity contribution in [1.82, 2.24) is 15.3 Å². The van der Waals surface area contributed by atoms with Crippen molar-refractivity contribution in [1.29, 1.82) is 0 Å². The summed E-state index contributed by atoms with van der Waals surface area (Å²) in [6, 6.07) is 4.59. The van der Waals surface area contributed by atoms with Crippen LogP contribution in [0.3, 0.4) is 0 Å². The van der Waals surface area contributed by atoms with E-state index in [1.807, 2.05) is 0 Å². The number of hydrogen-bond donors (Lipinski definition) is 1. The van der Waals surface area contributed by atoms with Gasteiger partial charge < -0.3 is 10.1 Å². The van der Waals surface area contributed by atoms with E-state index < -0.39 is 0 Å². The number of ether oxygens (including phenoxy) is 1. The number of carbonyl (C=O) groups is 1. The first-order chi connectivity index (χ1) is 11.2. The molecule has 1 aliphatic heterocycles. The summed E-state index contributed by atoms with van der Waals surface area (Å²) in [6.07, 6.45) is 7.20. The normalized spacial score (nSPS) is 16.8. The molecule has 1 aromatic carbocycles. The molecule has 2 aromatic rings. The van der Waals surface area contributed by atoms with E-state index in [0.29, 0.717) is 25.0 Å². The number of carbonyl (C=O) groups excluding carboxylic acids is 1. The van der Waals surface area contributed by atoms with Gasteiger partial charge in [0.15, 0.2) is 11.6 Å². The van der Waals surface area contributed by atoms with Crippen LogP contribution in [0, 0.1) is 5.82 Å². The number of nitrogens with one attached hydrogen (secondary N) is 1. The number of para-hydroxylation sites is 1. The van der Waals surface area contributed by atoms with E-state index in [4.69, 9.17) is 4.74 Å². The smallest absolute Gasteiger partial charge is 0.220 e. The fourth-order valence-corrected chi connectivity index (χ4v) is 2.69. The number of amides is 1. The Balaban J connectivity index is 1.65. The van der Waals surface area contributed by atoms with E-state index in [9.17, 15) is 9.18 Å². The van der Waals surface area contributed by atoms with Crippen molar-refractivity contribution in [3.63, 3.8) is 0 Å². The summed E-state index contributed by atoms with van der Waals surface area (Å²) in [4.78, 5) is 20.3. The van der Waals surface area contributed by atoms with Gasteiger partial charge in [0.2, 0.25) is 5.91 Å². The maximum atomic E-state index is 13.9. The standard InChI is InChI=1S/C17H18FN3O2/c18-14-4-1-3-13-15(5-2-10-23-17(13)14)21-16(22)7-6-12-11-19-8-9-20-12/h1,3-4,8-9,11,15H,2,5-7,10H2,(H,21,22)/t15-/m1/s1. The number of fused-ring (bicyclic) bond motifs is 1. The van der Waals surface area contributed by atoms with Crippen LogP contribution >= 0.6 is 0 Å². The van der Waals surface area contributed by atoms with Gasteiger partial charge in [-0.1, -0.05) is 12.1 Å². The first-order valence-corrected chi connectivity index (χ1v) is 7.69. The molecule has 0 unspecified atom stereocenters. The third-order valence-electron chi connectivity index (χ3n) is 3.82. The molecule has 0 radical (unpaired) electrons. The van der Waals surface area contributed by atoms with Crippen molar-refractivity contribution in [3.8, 4) is 5.75 Å². The van der Waals surface area contributed by atoms with E-state index in [2.05, 4.69) is 15.3 Å². The first-order valence-electron chi connectivity index (χ1n) is 7.69. The quantitative estimate of drug-likeness (QED) is 0.942. The number of halogens is 1. The second-order valence-corrected chi connectivity index (χ2v) is 5.47. The minimum absolute atomic E-state index is 0.0854. The molecule has 0 fully saturated rings. The van der Waals surface area contributed by atoms with Gasteiger partial charge >= 0.3 is 0 Å². The maximum absolute atomic E-state index is 13.9. The van der Waals surface area contributed by atoms with Crippen molar-refractivity contribution in [3.05, 3.63) is 53.9 Å². The highest BCUT2D eigenvalue weighted by Crippen LogP contribution is 2.33. The summed E-state index contributed by atoms with van der Waals surface area (Å²) < 4.78 is 19.4. The van der Waals surface area contributed by atoms with Gasteiger partial charge in [-0.3, -0.25) is 14.8 Å². The van der Waals surface area contributed by atoms with Crippen LogP contribution in [0.2, 0.25) is 0 Å². The number of hydrogen-bond acceptors (Lipinski definition) is 4. The molecule has 23 heavy (non-hydrogen) atoms. The van der Waals surface area contributed by atoms with Crippen LogP contribution in [0.25, 0.3) is 0 Å². The van der Waals surface area contributed by atoms with Crippen LogP contribution in [0.4, 0.5) is 4.39 Å². The lowest BCUT2D eigenvalue weighted by atomic mass is 10.0. The molecule has 1 amide bonds. The molecule has 0 saturated heterocycles. The summed E-state index contributed by atoms with van der Waals surface area (Å²) in [5.74, 6) is -0.217. The van der Waals surface area contributed by atoms with Gasteiger partial charge in [0.1, 0.15) is 0 Å². The zero-order chi connectivity index (χ0) is 16.1. The summed E-state index contributed by atoms with van der Waals surface area (Å²) in [5, 5.41) is 2.98. The molecule has 0 bridgehead atoms. The van der Waals surface area contributed by atoms with E-state index in [0.717, 1.165) is 18.5 Å². The molecule has 1 N–H and O–H groups in total. The molecule has 0 saturated carbocycles. The fourth-order valence-electron chi connectivity index (χ4n) is 2.69. The maximum Gasteiger partial charge on any atom is 0.220 e. The molecule has 1 aliphatic rings. The van der Waals surface area contributed by atoms with Crippen molar-refractivity contribution in [2.75, 3.05) is 6.61 Å². The van der Waals surface area contributed by atoms with Crippen LogP contribution in [-0.4, -0.2) is 22.5 Å². The van der Waals surface area contributed by atoms with Gasteiger partial charge in [-0.05, 0) is 25.3 Å². The average molecular weight is 315 g/mol. The van der Waals surface area contributed by atoms with Crippen LogP contribution in [-0.2, 0) is 11.2 Å². The van der Waals surface area contributed by atoms with Crippen molar-refractivity contribution in [2.24, 2.45) is 0 Å². The predicted octanol–water partition coefficient (Wildman–Crippen LogP) is 2.58. The Morgan fingerprint density at radius 1 is 1.39 bits per heavy atom. The van der Waals surface area contributed by atoms with Crippen LogP contribution in [0.15, 0.2) is 36.8 Å². The molecule has 3 rings (SSSR count). The van der Waals surface area contributed by atoms with E-state index >= 15 is 0 Å². The third kappa shape index (κ3) is 3.83. The highest BCUT2D eigenvalue weighted by Gasteiger charge is 2.23. The Hall–Kier alpha value is -2.50. The SMILES string of the molecule is O=C(CCc1cnccn1)N[C@@H]1CCCOc2c(F)cccc21. The number of aromatic nitrogens is 2. The number of benzene rings is 1. The van der Waals surface area contributed by atoms with Gasteiger partial charge in [0, 0.05) is 30.6 Å². The molecule has 0 aliphatic carbocycles. The lowest BCUT2D eigenvalue weighted by molar-refractivity contribution is -0.121. The molecule has 0 spiro atoms. The lowest BCUT2D eigenvalue weighted by Crippen LogP contribution is -2.28. The second-order valence-electron chi connectivity index (χ2n) is 5.47. The number of nitrogens with zero attached hydrogens (tertiary/aromatic N) is 2. The highest BCUT2D eigenvalue weighted by molar-refractivity contribution is 5.76. The number of rotatable bonds is 4. The topological polar surface area (TPSA) is 64.1 Å². The second kappa shape index (κ2) is 7.17. The van der Waals surface area contributed by atoms with Crippen LogP contribution in [0.1, 0.15) is 36.6 Å². The van der Waals surface area contributed by atoms with Crippen molar-refractivity contribution >= 4 is 5.91 Å².